The number of hydrogen-bond acceptors (Lipinski definition) is 3. The molecule has 0 radical (unpaired) electrons. The van der Waals surface area contributed by atoms with Gasteiger partial charge in [-0.2, -0.15) is 0 Å². The molecule has 0 fully saturated rings. The molecule has 0 aliphatic heterocycles. The van der Waals surface area contributed by atoms with Crippen LogP contribution in [0.25, 0.3) is 0 Å². The van der Waals surface area contributed by atoms with E-state index in [9.17, 15) is 10.2 Å². The first-order valence-electron chi connectivity index (χ1n) is 5.28. The van der Waals surface area contributed by atoms with Crippen molar-refractivity contribution in [3.05, 3.63) is 27.7 Å². The first kappa shape index (κ1) is 13.5. The standard InChI is InChI=1S/C12H17BrO3/c1-4-7(2)16-11-6-9(13)5-10(8(11)3)12(14)15/h5-7,12,14-15H,4H2,1-3H3. The molecule has 0 spiro atoms. The lowest BCUT2D eigenvalue weighted by atomic mass is 10.1. The largest absolute Gasteiger partial charge is 0.490 e. The lowest BCUT2D eigenvalue weighted by Gasteiger charge is -2.18. The van der Waals surface area contributed by atoms with Gasteiger partial charge in [-0.3, -0.25) is 0 Å². The highest BCUT2D eigenvalue weighted by atomic mass is 79.9. The minimum Gasteiger partial charge on any atom is -0.490 e. The molecule has 0 aromatic heterocycles. The fourth-order valence-electron chi connectivity index (χ4n) is 1.36. The molecule has 0 aliphatic rings. The quantitative estimate of drug-likeness (QED) is 0.838. The van der Waals surface area contributed by atoms with Gasteiger partial charge in [0.15, 0.2) is 6.29 Å². The first-order valence-corrected chi connectivity index (χ1v) is 6.07. The maximum Gasteiger partial charge on any atom is 0.178 e. The molecule has 1 aromatic carbocycles. The van der Waals surface area contributed by atoms with Gasteiger partial charge in [-0.25, -0.2) is 0 Å². The molecule has 0 saturated heterocycles. The zero-order chi connectivity index (χ0) is 12.3. The summed E-state index contributed by atoms with van der Waals surface area (Å²) in [4.78, 5) is 0. The molecule has 0 bridgehead atoms. The molecule has 0 amide bonds. The summed E-state index contributed by atoms with van der Waals surface area (Å²) in [5, 5.41) is 18.4. The number of ether oxygens (including phenoxy) is 1. The average Bonchev–Trinajstić information content (AvgIpc) is 2.22. The predicted octanol–water partition coefficient (Wildman–Crippen LogP) is 2.92. The van der Waals surface area contributed by atoms with Gasteiger partial charge < -0.3 is 14.9 Å². The van der Waals surface area contributed by atoms with E-state index in [0.717, 1.165) is 16.5 Å². The normalized spacial score (nSPS) is 12.9. The SMILES string of the molecule is CCC(C)Oc1cc(Br)cc(C(O)O)c1C. The topological polar surface area (TPSA) is 49.7 Å². The molecule has 0 aliphatic carbocycles. The van der Waals surface area contributed by atoms with Gasteiger partial charge >= 0.3 is 0 Å². The minimum atomic E-state index is -1.48. The van der Waals surface area contributed by atoms with Crippen LogP contribution in [0.2, 0.25) is 0 Å². The van der Waals surface area contributed by atoms with Crippen molar-refractivity contribution >= 4 is 15.9 Å². The lowest BCUT2D eigenvalue weighted by Crippen LogP contribution is -2.11. The second-order valence-electron chi connectivity index (χ2n) is 3.83. The molecule has 0 heterocycles. The highest BCUT2D eigenvalue weighted by Crippen LogP contribution is 2.30. The summed E-state index contributed by atoms with van der Waals surface area (Å²) in [6, 6.07) is 3.52. The van der Waals surface area contributed by atoms with Crippen LogP contribution < -0.4 is 4.74 Å². The van der Waals surface area contributed by atoms with E-state index < -0.39 is 6.29 Å². The van der Waals surface area contributed by atoms with Crippen molar-refractivity contribution in [2.24, 2.45) is 0 Å². The van der Waals surface area contributed by atoms with Gasteiger partial charge in [0.2, 0.25) is 0 Å². The Labute approximate surface area is 104 Å². The molecular formula is C12H17BrO3. The molecule has 1 atom stereocenters. The Kier molecular flexibility index (Phi) is 4.77. The van der Waals surface area contributed by atoms with E-state index in [4.69, 9.17) is 4.74 Å². The second-order valence-corrected chi connectivity index (χ2v) is 4.74. The van der Waals surface area contributed by atoms with E-state index in [2.05, 4.69) is 15.9 Å². The van der Waals surface area contributed by atoms with Gasteiger partial charge in [0.05, 0.1) is 6.10 Å². The molecule has 1 rings (SSSR count). The van der Waals surface area contributed by atoms with E-state index in [1.165, 1.54) is 0 Å². The molecule has 4 heteroatoms. The third kappa shape index (κ3) is 3.20. The summed E-state index contributed by atoms with van der Waals surface area (Å²) in [7, 11) is 0. The third-order valence-electron chi connectivity index (χ3n) is 2.55. The summed E-state index contributed by atoms with van der Waals surface area (Å²) < 4.78 is 6.49. The summed E-state index contributed by atoms with van der Waals surface area (Å²) >= 11 is 3.33. The van der Waals surface area contributed by atoms with Crippen molar-refractivity contribution in [1.82, 2.24) is 0 Å². The minimum absolute atomic E-state index is 0.108. The van der Waals surface area contributed by atoms with Crippen LogP contribution in [-0.4, -0.2) is 16.3 Å². The number of hydrogen-bond donors (Lipinski definition) is 2. The van der Waals surface area contributed by atoms with E-state index >= 15 is 0 Å². The van der Waals surface area contributed by atoms with Crippen LogP contribution in [0.3, 0.4) is 0 Å². The lowest BCUT2D eigenvalue weighted by molar-refractivity contribution is -0.0431. The van der Waals surface area contributed by atoms with Gasteiger partial charge in [0, 0.05) is 10.0 Å². The van der Waals surface area contributed by atoms with Crippen LogP contribution in [0.1, 0.15) is 37.7 Å². The zero-order valence-corrected chi connectivity index (χ0v) is 11.3. The third-order valence-corrected chi connectivity index (χ3v) is 3.00. The predicted molar refractivity (Wildman–Crippen MR) is 66.4 cm³/mol. The van der Waals surface area contributed by atoms with E-state index in [1.54, 1.807) is 6.07 Å². The maximum absolute atomic E-state index is 9.22. The van der Waals surface area contributed by atoms with Gasteiger partial charge in [-0.15, -0.1) is 0 Å². The molecule has 16 heavy (non-hydrogen) atoms. The molecule has 3 nitrogen and oxygen atoms in total. The van der Waals surface area contributed by atoms with E-state index in [0.29, 0.717) is 11.3 Å². The Balaban J connectivity index is 3.09. The number of aliphatic hydroxyl groups excluding tert-OH is 1. The summed E-state index contributed by atoms with van der Waals surface area (Å²) in [6.07, 6.45) is -0.461. The Bertz CT molecular complexity index is 364. The maximum atomic E-state index is 9.22. The molecule has 0 saturated carbocycles. The summed E-state index contributed by atoms with van der Waals surface area (Å²) in [5.74, 6) is 0.687. The van der Waals surface area contributed by atoms with Crippen molar-refractivity contribution in [3.63, 3.8) is 0 Å². The van der Waals surface area contributed by atoms with Gasteiger partial charge in [-0.05, 0) is 38.0 Å². The van der Waals surface area contributed by atoms with E-state index in [1.807, 2.05) is 26.8 Å². The van der Waals surface area contributed by atoms with Crippen molar-refractivity contribution in [2.75, 3.05) is 0 Å². The van der Waals surface area contributed by atoms with Gasteiger partial charge in [0.1, 0.15) is 5.75 Å². The van der Waals surface area contributed by atoms with Crippen LogP contribution in [0.15, 0.2) is 16.6 Å². The van der Waals surface area contributed by atoms with Crippen LogP contribution in [0.5, 0.6) is 5.75 Å². The van der Waals surface area contributed by atoms with Crippen molar-refractivity contribution in [2.45, 2.75) is 39.6 Å². The Hall–Kier alpha value is -0.580. The first-order chi connectivity index (χ1) is 7.45. The number of aliphatic hydroxyl groups is 2. The van der Waals surface area contributed by atoms with Crippen molar-refractivity contribution in [3.8, 4) is 5.75 Å². The summed E-state index contributed by atoms with van der Waals surface area (Å²) in [6.45, 7) is 5.84. The zero-order valence-electron chi connectivity index (χ0n) is 9.70. The molecule has 2 N–H and O–H groups in total. The van der Waals surface area contributed by atoms with Crippen molar-refractivity contribution < 1.29 is 14.9 Å². The fourth-order valence-corrected chi connectivity index (χ4v) is 1.82. The molecule has 1 aromatic rings. The average molecular weight is 289 g/mol. The fraction of sp³-hybridized carbons (Fsp3) is 0.500. The summed E-state index contributed by atoms with van der Waals surface area (Å²) in [5.41, 5.74) is 1.23. The Morgan fingerprint density at radius 2 is 2.00 bits per heavy atom. The highest BCUT2D eigenvalue weighted by Gasteiger charge is 2.14. The highest BCUT2D eigenvalue weighted by molar-refractivity contribution is 9.10. The smallest absolute Gasteiger partial charge is 0.178 e. The second kappa shape index (κ2) is 5.66. The monoisotopic (exact) mass is 288 g/mol. The number of rotatable bonds is 4. The number of halogens is 1. The molecule has 90 valence electrons. The Morgan fingerprint density at radius 3 is 2.50 bits per heavy atom. The molecule has 1 unspecified atom stereocenters. The van der Waals surface area contributed by atoms with Gasteiger partial charge in [0.25, 0.3) is 0 Å². The van der Waals surface area contributed by atoms with Crippen LogP contribution in [0, 0.1) is 6.92 Å². The molecular weight excluding hydrogens is 272 g/mol. The van der Waals surface area contributed by atoms with Gasteiger partial charge in [-0.1, -0.05) is 22.9 Å². The van der Waals surface area contributed by atoms with E-state index in [-0.39, 0.29) is 6.10 Å². The Morgan fingerprint density at radius 1 is 1.38 bits per heavy atom. The van der Waals surface area contributed by atoms with Crippen molar-refractivity contribution in [1.29, 1.82) is 0 Å². The van der Waals surface area contributed by atoms with Crippen LogP contribution in [-0.2, 0) is 0 Å². The van der Waals surface area contributed by atoms with Crippen LogP contribution >= 0.6 is 15.9 Å². The van der Waals surface area contributed by atoms with Crippen LogP contribution in [0.4, 0.5) is 0 Å². The number of benzene rings is 1.